The fourth-order valence-electron chi connectivity index (χ4n) is 2.35. The van der Waals surface area contributed by atoms with Crippen molar-refractivity contribution in [1.29, 1.82) is 0 Å². The smallest absolute Gasteiger partial charge is 0.109 e. The maximum atomic E-state index is 4.74. The van der Waals surface area contributed by atoms with Gasteiger partial charge in [0.25, 0.3) is 0 Å². The van der Waals surface area contributed by atoms with E-state index in [0.29, 0.717) is 0 Å². The lowest BCUT2D eigenvalue weighted by Gasteiger charge is -2.19. The molecule has 0 spiro atoms. The highest BCUT2D eigenvalue weighted by molar-refractivity contribution is 7.19. The first-order chi connectivity index (χ1) is 8.66. The van der Waals surface area contributed by atoms with Gasteiger partial charge in [-0.15, -0.1) is 11.3 Å². The molecule has 1 aromatic carbocycles. The van der Waals surface area contributed by atoms with Gasteiger partial charge >= 0.3 is 0 Å². The van der Waals surface area contributed by atoms with Crippen molar-refractivity contribution in [3.8, 4) is 0 Å². The van der Waals surface area contributed by atoms with Gasteiger partial charge in [-0.2, -0.15) is 0 Å². The molecule has 0 bridgehead atoms. The Kier molecular flexibility index (Phi) is 2.71. The normalized spacial score (nSPS) is 19.4. The summed E-state index contributed by atoms with van der Waals surface area (Å²) in [7, 11) is 0. The van der Waals surface area contributed by atoms with E-state index >= 15 is 0 Å². The molecule has 92 valence electrons. The summed E-state index contributed by atoms with van der Waals surface area (Å²) < 4.78 is 1.35. The van der Waals surface area contributed by atoms with Crippen LogP contribution in [0.1, 0.15) is 30.3 Å². The zero-order chi connectivity index (χ0) is 12.7. The molecular weight excluding hydrogens is 240 g/mol. The van der Waals surface area contributed by atoms with Gasteiger partial charge in [0, 0.05) is 15.8 Å². The second-order valence-corrected chi connectivity index (χ2v) is 5.82. The quantitative estimate of drug-likeness (QED) is 0.813. The molecule has 2 nitrogen and oxygen atoms in total. The fraction of sp³-hybridized carbons (Fsp3) is 0.267. The zero-order valence-corrected chi connectivity index (χ0v) is 11.6. The number of hydrogen-bond donors (Lipinski definition) is 1. The second-order valence-electron chi connectivity index (χ2n) is 4.74. The Bertz CT molecular complexity index is 664. The first-order valence-electron chi connectivity index (χ1n) is 6.12. The molecule has 0 fully saturated rings. The third-order valence-corrected chi connectivity index (χ3v) is 4.72. The topological polar surface area (TPSA) is 24.4 Å². The summed E-state index contributed by atoms with van der Waals surface area (Å²) in [4.78, 5) is 6.10. The molecule has 1 atom stereocenters. The number of hydrogen-bond acceptors (Lipinski definition) is 3. The Morgan fingerprint density at radius 3 is 2.72 bits per heavy atom. The highest BCUT2D eigenvalue weighted by Crippen LogP contribution is 2.39. The first kappa shape index (κ1) is 11.5. The van der Waals surface area contributed by atoms with Crippen molar-refractivity contribution < 1.29 is 0 Å². The molecule has 1 aliphatic heterocycles. The maximum Gasteiger partial charge on any atom is 0.109 e. The predicted molar refractivity (Wildman–Crippen MR) is 79.3 cm³/mol. The standard InChI is InChI=1S/C15H16N2S/c1-9-8-16-11(3)17-14(9)15-10(2)12-6-4-5-7-13(12)18-15/h4-8,14H,1-3H3,(H,16,17). The van der Waals surface area contributed by atoms with Gasteiger partial charge in [0.2, 0.25) is 0 Å². The summed E-state index contributed by atoms with van der Waals surface area (Å²) in [6, 6.07) is 8.77. The van der Waals surface area contributed by atoms with Crippen LogP contribution in [0.3, 0.4) is 0 Å². The highest BCUT2D eigenvalue weighted by Gasteiger charge is 2.21. The molecule has 0 saturated carbocycles. The van der Waals surface area contributed by atoms with Crippen LogP contribution in [0, 0.1) is 6.92 Å². The van der Waals surface area contributed by atoms with E-state index in [9.17, 15) is 0 Å². The molecule has 1 unspecified atom stereocenters. The average Bonchev–Trinajstić information content (AvgIpc) is 2.71. The van der Waals surface area contributed by atoms with Crippen LogP contribution >= 0.6 is 11.3 Å². The van der Waals surface area contributed by atoms with E-state index in [4.69, 9.17) is 4.99 Å². The molecule has 1 N–H and O–H groups in total. The molecule has 2 heterocycles. The van der Waals surface area contributed by atoms with Crippen molar-refractivity contribution >= 4 is 27.3 Å². The number of amidine groups is 1. The minimum absolute atomic E-state index is 0.184. The molecule has 1 aromatic heterocycles. The minimum Gasteiger partial charge on any atom is -0.351 e. The lowest BCUT2D eigenvalue weighted by molar-refractivity contribution is 0.819. The molecule has 3 heteroatoms. The van der Waals surface area contributed by atoms with Gasteiger partial charge in [0.1, 0.15) is 6.04 Å². The highest BCUT2D eigenvalue weighted by atomic mass is 32.1. The molecule has 0 saturated heterocycles. The number of aliphatic imine (C=N–C) groups is 1. The van der Waals surface area contributed by atoms with Crippen LogP contribution in [0.5, 0.6) is 0 Å². The molecule has 0 amide bonds. The number of nitrogens with zero attached hydrogens (tertiary/aromatic N) is 1. The summed E-state index contributed by atoms with van der Waals surface area (Å²) >= 11 is 1.86. The van der Waals surface area contributed by atoms with Gasteiger partial charge < -0.3 is 5.32 Å². The van der Waals surface area contributed by atoms with Gasteiger partial charge in [0.05, 0.1) is 5.84 Å². The van der Waals surface area contributed by atoms with E-state index < -0.39 is 0 Å². The van der Waals surface area contributed by atoms with Crippen molar-refractivity contribution in [3.05, 3.63) is 46.5 Å². The van der Waals surface area contributed by atoms with Crippen molar-refractivity contribution in [2.24, 2.45) is 4.99 Å². The second kappa shape index (κ2) is 4.25. The molecule has 1 aliphatic rings. The van der Waals surface area contributed by atoms with Crippen molar-refractivity contribution in [3.63, 3.8) is 0 Å². The first-order valence-corrected chi connectivity index (χ1v) is 6.94. The number of aryl methyl sites for hydroxylation is 1. The monoisotopic (exact) mass is 256 g/mol. The largest absolute Gasteiger partial charge is 0.351 e. The SMILES string of the molecule is CC1=CNC(C)=NC1c1sc2ccccc2c1C. The van der Waals surface area contributed by atoms with E-state index in [-0.39, 0.29) is 6.04 Å². The average molecular weight is 256 g/mol. The molecule has 2 aromatic rings. The molecule has 0 radical (unpaired) electrons. The molecule has 3 rings (SSSR count). The van der Waals surface area contributed by atoms with E-state index in [0.717, 1.165) is 5.84 Å². The number of fused-ring (bicyclic) bond motifs is 1. The number of rotatable bonds is 1. The number of benzene rings is 1. The summed E-state index contributed by atoms with van der Waals surface area (Å²) in [6.07, 6.45) is 2.07. The summed E-state index contributed by atoms with van der Waals surface area (Å²) in [5, 5.41) is 4.54. The number of thiophene rings is 1. The Labute approximate surface area is 111 Å². The van der Waals surface area contributed by atoms with Gasteiger partial charge in [-0.05, 0) is 43.4 Å². The van der Waals surface area contributed by atoms with E-state index in [1.54, 1.807) is 0 Å². The van der Waals surface area contributed by atoms with Gasteiger partial charge in [-0.25, -0.2) is 0 Å². The van der Waals surface area contributed by atoms with Crippen LogP contribution < -0.4 is 5.32 Å². The summed E-state index contributed by atoms with van der Waals surface area (Å²) in [6.45, 7) is 6.35. The van der Waals surface area contributed by atoms with Crippen LogP contribution in [-0.2, 0) is 0 Å². The lowest BCUT2D eigenvalue weighted by atomic mass is 10.0. The molecule has 0 aliphatic carbocycles. The van der Waals surface area contributed by atoms with Crippen LogP contribution in [-0.4, -0.2) is 5.84 Å². The van der Waals surface area contributed by atoms with E-state index in [2.05, 4.69) is 49.6 Å². The third-order valence-electron chi connectivity index (χ3n) is 3.39. The van der Waals surface area contributed by atoms with Gasteiger partial charge in [-0.1, -0.05) is 18.2 Å². The van der Waals surface area contributed by atoms with Crippen molar-refractivity contribution in [1.82, 2.24) is 5.32 Å². The molecule has 18 heavy (non-hydrogen) atoms. The van der Waals surface area contributed by atoms with E-state index in [1.165, 1.54) is 26.1 Å². The van der Waals surface area contributed by atoms with Crippen LogP contribution in [0.15, 0.2) is 41.0 Å². The Morgan fingerprint density at radius 2 is 1.94 bits per heavy atom. The van der Waals surface area contributed by atoms with Crippen LogP contribution in [0.2, 0.25) is 0 Å². The zero-order valence-electron chi connectivity index (χ0n) is 10.8. The number of nitrogens with one attached hydrogen (secondary N) is 1. The van der Waals surface area contributed by atoms with Crippen LogP contribution in [0.25, 0.3) is 10.1 Å². The Hall–Kier alpha value is -1.61. The maximum absolute atomic E-state index is 4.74. The van der Waals surface area contributed by atoms with Gasteiger partial charge in [0.15, 0.2) is 0 Å². The van der Waals surface area contributed by atoms with Gasteiger partial charge in [-0.3, -0.25) is 4.99 Å². The Morgan fingerprint density at radius 1 is 1.17 bits per heavy atom. The molecular formula is C15H16N2S. The lowest BCUT2D eigenvalue weighted by Crippen LogP contribution is -2.20. The van der Waals surface area contributed by atoms with Crippen molar-refractivity contribution in [2.75, 3.05) is 0 Å². The summed E-state index contributed by atoms with van der Waals surface area (Å²) in [5.41, 5.74) is 2.64. The minimum atomic E-state index is 0.184. The van der Waals surface area contributed by atoms with E-state index in [1.807, 2.05) is 18.3 Å². The predicted octanol–water partition coefficient (Wildman–Crippen LogP) is 4.18. The Balaban J connectivity index is 2.17. The van der Waals surface area contributed by atoms with Crippen LogP contribution in [0.4, 0.5) is 0 Å². The third kappa shape index (κ3) is 1.75. The fourth-order valence-corrected chi connectivity index (χ4v) is 3.68. The van der Waals surface area contributed by atoms with Crippen molar-refractivity contribution in [2.45, 2.75) is 26.8 Å². The summed E-state index contributed by atoms with van der Waals surface area (Å²) in [5.74, 6) is 0.988.